The molecule has 1 aromatic carbocycles. The van der Waals surface area contributed by atoms with Gasteiger partial charge >= 0.3 is 0 Å². The van der Waals surface area contributed by atoms with E-state index in [1.54, 1.807) is 7.11 Å². The van der Waals surface area contributed by atoms with E-state index in [0.717, 1.165) is 38.3 Å². The van der Waals surface area contributed by atoms with Crippen molar-refractivity contribution in [2.45, 2.75) is 18.4 Å². The number of rotatable bonds is 1. The second-order valence-electron chi connectivity index (χ2n) is 4.58. The topological polar surface area (TPSA) is 30.5 Å². The Morgan fingerprint density at radius 2 is 2.38 bits per heavy atom. The summed E-state index contributed by atoms with van der Waals surface area (Å²) in [6.45, 7) is 2.55. The van der Waals surface area contributed by atoms with Crippen LogP contribution in [0, 0.1) is 0 Å². The Bertz CT molecular complexity index is 391. The third kappa shape index (κ3) is 1.43. The number of ether oxygens (including phenoxy) is 2. The van der Waals surface area contributed by atoms with E-state index in [1.807, 2.05) is 6.07 Å². The number of fused-ring (bicyclic) bond motifs is 2. The number of hydrogen-bond acceptors (Lipinski definition) is 3. The Labute approximate surface area is 95.8 Å². The Hall–Kier alpha value is -1.06. The van der Waals surface area contributed by atoms with Crippen LogP contribution in [0.2, 0.25) is 0 Å². The molecule has 3 rings (SSSR count). The van der Waals surface area contributed by atoms with Crippen LogP contribution >= 0.6 is 0 Å². The van der Waals surface area contributed by atoms with Gasteiger partial charge in [0.2, 0.25) is 0 Å². The zero-order valence-electron chi connectivity index (χ0n) is 9.58. The van der Waals surface area contributed by atoms with Gasteiger partial charge in [0.1, 0.15) is 5.75 Å². The molecule has 1 aliphatic heterocycles. The monoisotopic (exact) mass is 219 g/mol. The average molecular weight is 219 g/mol. The lowest BCUT2D eigenvalue weighted by atomic mass is 9.91. The minimum Gasteiger partial charge on any atom is -0.497 e. The van der Waals surface area contributed by atoms with E-state index in [2.05, 4.69) is 17.4 Å². The van der Waals surface area contributed by atoms with Gasteiger partial charge in [0.15, 0.2) is 0 Å². The Balaban J connectivity index is 2.02. The lowest BCUT2D eigenvalue weighted by Gasteiger charge is -2.35. The van der Waals surface area contributed by atoms with Gasteiger partial charge in [-0.25, -0.2) is 0 Å². The fourth-order valence-corrected chi connectivity index (χ4v) is 2.82. The molecule has 1 spiro atoms. The van der Waals surface area contributed by atoms with Crippen molar-refractivity contribution in [1.29, 1.82) is 0 Å². The van der Waals surface area contributed by atoms with E-state index in [0.29, 0.717) is 0 Å². The third-order valence-corrected chi connectivity index (χ3v) is 3.71. The van der Waals surface area contributed by atoms with E-state index < -0.39 is 0 Å². The molecule has 0 bridgehead atoms. The zero-order valence-corrected chi connectivity index (χ0v) is 9.58. The number of benzene rings is 1. The fraction of sp³-hybridized carbons (Fsp3) is 0.538. The van der Waals surface area contributed by atoms with E-state index in [4.69, 9.17) is 9.47 Å². The minimum atomic E-state index is 0.0438. The van der Waals surface area contributed by atoms with Crippen LogP contribution in [-0.2, 0) is 16.7 Å². The maximum atomic E-state index is 5.63. The quantitative estimate of drug-likeness (QED) is 0.775. The van der Waals surface area contributed by atoms with Crippen LogP contribution in [0.25, 0.3) is 0 Å². The van der Waals surface area contributed by atoms with Crippen LogP contribution in [0.5, 0.6) is 5.75 Å². The van der Waals surface area contributed by atoms with Gasteiger partial charge in [-0.3, -0.25) is 0 Å². The SMILES string of the molecule is COc1ccc2c(c1)[C@]1(CC2)COCCN1. The van der Waals surface area contributed by atoms with Crippen molar-refractivity contribution in [3.63, 3.8) is 0 Å². The Kier molecular flexibility index (Phi) is 2.37. The number of nitrogens with one attached hydrogen (secondary N) is 1. The molecule has 3 heteroatoms. The Morgan fingerprint density at radius 1 is 1.44 bits per heavy atom. The Morgan fingerprint density at radius 3 is 3.12 bits per heavy atom. The van der Waals surface area contributed by atoms with Gasteiger partial charge in [0, 0.05) is 6.54 Å². The smallest absolute Gasteiger partial charge is 0.119 e. The lowest BCUT2D eigenvalue weighted by molar-refractivity contribution is 0.0259. The van der Waals surface area contributed by atoms with Crippen LogP contribution in [0.4, 0.5) is 0 Å². The largest absolute Gasteiger partial charge is 0.497 e. The summed E-state index contributed by atoms with van der Waals surface area (Å²) in [7, 11) is 1.72. The number of methoxy groups -OCH3 is 1. The van der Waals surface area contributed by atoms with Gasteiger partial charge in [-0.1, -0.05) is 6.07 Å². The summed E-state index contributed by atoms with van der Waals surface area (Å²) in [6, 6.07) is 6.38. The summed E-state index contributed by atoms with van der Waals surface area (Å²) in [5.74, 6) is 0.937. The highest BCUT2D eigenvalue weighted by Crippen LogP contribution is 2.39. The predicted molar refractivity (Wildman–Crippen MR) is 61.8 cm³/mol. The molecule has 0 amide bonds. The molecule has 1 aromatic rings. The second-order valence-corrected chi connectivity index (χ2v) is 4.58. The molecule has 0 aromatic heterocycles. The molecule has 1 aliphatic carbocycles. The van der Waals surface area contributed by atoms with Crippen molar-refractivity contribution in [3.8, 4) is 5.75 Å². The van der Waals surface area contributed by atoms with E-state index in [-0.39, 0.29) is 5.54 Å². The number of morpholine rings is 1. The fourth-order valence-electron chi connectivity index (χ4n) is 2.82. The van der Waals surface area contributed by atoms with Crippen molar-refractivity contribution >= 4 is 0 Å². The highest BCUT2D eigenvalue weighted by Gasteiger charge is 2.40. The van der Waals surface area contributed by atoms with E-state index >= 15 is 0 Å². The van der Waals surface area contributed by atoms with Gasteiger partial charge in [0.25, 0.3) is 0 Å². The summed E-state index contributed by atoms with van der Waals surface area (Å²) in [5, 5.41) is 3.62. The molecule has 3 nitrogen and oxygen atoms in total. The van der Waals surface area contributed by atoms with Gasteiger partial charge in [0.05, 0.1) is 25.9 Å². The molecule has 1 heterocycles. The first-order valence-electron chi connectivity index (χ1n) is 5.84. The maximum absolute atomic E-state index is 5.63. The maximum Gasteiger partial charge on any atom is 0.119 e. The van der Waals surface area contributed by atoms with Crippen molar-refractivity contribution in [2.24, 2.45) is 0 Å². The van der Waals surface area contributed by atoms with E-state index in [1.165, 1.54) is 11.1 Å². The van der Waals surface area contributed by atoms with Gasteiger partial charge < -0.3 is 14.8 Å². The first-order valence-corrected chi connectivity index (χ1v) is 5.84. The average Bonchev–Trinajstić information content (AvgIpc) is 2.69. The summed E-state index contributed by atoms with van der Waals surface area (Å²) >= 11 is 0. The summed E-state index contributed by atoms with van der Waals surface area (Å²) in [6.07, 6.45) is 2.27. The minimum absolute atomic E-state index is 0.0438. The highest BCUT2D eigenvalue weighted by molar-refractivity contribution is 5.44. The first-order chi connectivity index (χ1) is 7.84. The van der Waals surface area contributed by atoms with Crippen molar-refractivity contribution in [2.75, 3.05) is 26.9 Å². The summed E-state index contributed by atoms with van der Waals surface area (Å²) < 4.78 is 10.9. The molecule has 0 saturated carbocycles. The summed E-state index contributed by atoms with van der Waals surface area (Å²) in [4.78, 5) is 0. The lowest BCUT2D eigenvalue weighted by Crippen LogP contribution is -2.50. The van der Waals surface area contributed by atoms with Gasteiger partial charge in [-0.15, -0.1) is 0 Å². The molecule has 0 unspecified atom stereocenters. The standard InChI is InChI=1S/C13H17NO2/c1-15-11-3-2-10-4-5-13(12(10)8-11)9-16-7-6-14-13/h2-3,8,14H,4-7,9H2,1H3/t13-/m0/s1. The van der Waals surface area contributed by atoms with Crippen LogP contribution in [0.3, 0.4) is 0 Å². The second kappa shape index (κ2) is 3.75. The first kappa shape index (κ1) is 10.1. The molecule has 1 saturated heterocycles. The molecule has 1 fully saturated rings. The van der Waals surface area contributed by atoms with Crippen molar-refractivity contribution in [3.05, 3.63) is 29.3 Å². The van der Waals surface area contributed by atoms with Crippen LogP contribution in [0.1, 0.15) is 17.5 Å². The molecular formula is C13H17NO2. The molecule has 2 aliphatic rings. The van der Waals surface area contributed by atoms with E-state index in [9.17, 15) is 0 Å². The van der Waals surface area contributed by atoms with Crippen molar-refractivity contribution in [1.82, 2.24) is 5.32 Å². The molecule has 1 N–H and O–H groups in total. The number of aryl methyl sites for hydroxylation is 1. The van der Waals surface area contributed by atoms with Crippen LogP contribution < -0.4 is 10.1 Å². The number of hydrogen-bond donors (Lipinski definition) is 1. The van der Waals surface area contributed by atoms with Crippen LogP contribution in [-0.4, -0.2) is 26.9 Å². The molecular weight excluding hydrogens is 202 g/mol. The van der Waals surface area contributed by atoms with Crippen molar-refractivity contribution < 1.29 is 9.47 Å². The van der Waals surface area contributed by atoms with Gasteiger partial charge in [-0.05, 0) is 36.1 Å². The summed E-state index contributed by atoms with van der Waals surface area (Å²) in [5.41, 5.74) is 2.84. The van der Waals surface area contributed by atoms with Gasteiger partial charge in [-0.2, -0.15) is 0 Å². The van der Waals surface area contributed by atoms with Crippen LogP contribution in [0.15, 0.2) is 18.2 Å². The molecule has 0 radical (unpaired) electrons. The normalized spacial score (nSPS) is 28.1. The predicted octanol–water partition coefficient (Wildman–Crippen LogP) is 1.46. The molecule has 86 valence electrons. The molecule has 1 atom stereocenters. The highest BCUT2D eigenvalue weighted by atomic mass is 16.5. The third-order valence-electron chi connectivity index (χ3n) is 3.71. The zero-order chi connectivity index (χ0) is 11.0. The molecule has 16 heavy (non-hydrogen) atoms.